The summed E-state index contributed by atoms with van der Waals surface area (Å²) in [6.07, 6.45) is -6.34. The highest BCUT2D eigenvalue weighted by molar-refractivity contribution is 7.89. The maximum Gasteiger partial charge on any atom is 0.416 e. The van der Waals surface area contributed by atoms with Crippen LogP contribution in [0.5, 0.6) is 0 Å². The van der Waals surface area contributed by atoms with E-state index in [0.717, 1.165) is 19.2 Å². The standard InChI is InChI=1S/C26H23ClF3N3O6S/c1-16(34)31-19-9-11-20(12-10-19)40(37,38)33(2)15-23(35)39-24(17-6-4-3-5-7-17)25(36)32-22-14-18(26(28,29)30)8-13-21(22)27/h3-14,24H,15H2,1-2H3,(H,31,34)(H,32,36)/t24-/m1/s1. The van der Waals surface area contributed by atoms with Gasteiger partial charge in [0.25, 0.3) is 5.91 Å². The number of nitrogens with zero attached hydrogens (tertiary/aromatic N) is 1. The highest BCUT2D eigenvalue weighted by Gasteiger charge is 2.32. The van der Waals surface area contributed by atoms with Crippen molar-refractivity contribution in [3.63, 3.8) is 0 Å². The number of hydrogen-bond acceptors (Lipinski definition) is 6. The van der Waals surface area contributed by atoms with Crippen molar-refractivity contribution in [3.8, 4) is 0 Å². The van der Waals surface area contributed by atoms with E-state index in [1.807, 2.05) is 0 Å². The Kier molecular flexibility index (Phi) is 9.56. The van der Waals surface area contributed by atoms with E-state index in [0.29, 0.717) is 16.1 Å². The van der Waals surface area contributed by atoms with Gasteiger partial charge in [-0.1, -0.05) is 41.9 Å². The van der Waals surface area contributed by atoms with Crippen molar-refractivity contribution in [1.29, 1.82) is 0 Å². The molecular weight excluding hydrogens is 575 g/mol. The molecule has 0 fully saturated rings. The van der Waals surface area contributed by atoms with Gasteiger partial charge in [0.2, 0.25) is 22.0 Å². The minimum absolute atomic E-state index is 0.173. The summed E-state index contributed by atoms with van der Waals surface area (Å²) in [6.45, 7) is 0.498. The van der Waals surface area contributed by atoms with Crippen LogP contribution >= 0.6 is 11.6 Å². The van der Waals surface area contributed by atoms with Gasteiger partial charge in [-0.05, 0) is 42.5 Å². The number of rotatable bonds is 9. The van der Waals surface area contributed by atoms with E-state index in [1.54, 1.807) is 18.2 Å². The molecule has 0 saturated carbocycles. The van der Waals surface area contributed by atoms with Crippen molar-refractivity contribution in [2.45, 2.75) is 24.1 Å². The monoisotopic (exact) mass is 597 g/mol. The van der Waals surface area contributed by atoms with Gasteiger partial charge in [0, 0.05) is 25.2 Å². The van der Waals surface area contributed by atoms with Crippen molar-refractivity contribution < 1.29 is 40.7 Å². The van der Waals surface area contributed by atoms with Gasteiger partial charge >= 0.3 is 12.1 Å². The average molecular weight is 598 g/mol. The number of likely N-dealkylation sites (N-methyl/N-ethyl adjacent to an activating group) is 1. The van der Waals surface area contributed by atoms with E-state index in [-0.39, 0.29) is 27.1 Å². The number of alkyl halides is 3. The number of hydrogen-bond donors (Lipinski definition) is 2. The molecule has 3 aromatic carbocycles. The maximum atomic E-state index is 13.1. The Balaban J connectivity index is 1.79. The van der Waals surface area contributed by atoms with Gasteiger partial charge in [0.1, 0.15) is 6.54 Å². The zero-order valence-corrected chi connectivity index (χ0v) is 22.6. The number of nitrogens with one attached hydrogen (secondary N) is 2. The average Bonchev–Trinajstić information content (AvgIpc) is 2.88. The number of carbonyl (C=O) groups excluding carboxylic acids is 3. The van der Waals surface area contributed by atoms with Gasteiger partial charge in [-0.25, -0.2) is 8.42 Å². The molecule has 0 heterocycles. The van der Waals surface area contributed by atoms with E-state index in [1.165, 1.54) is 43.3 Å². The van der Waals surface area contributed by atoms with Crippen LogP contribution in [-0.2, 0) is 35.3 Å². The summed E-state index contributed by atoms with van der Waals surface area (Å²) in [4.78, 5) is 36.8. The van der Waals surface area contributed by atoms with Crippen molar-refractivity contribution in [2.24, 2.45) is 0 Å². The molecule has 3 aromatic rings. The minimum atomic E-state index is -4.70. The Morgan fingerprint density at radius 3 is 2.17 bits per heavy atom. The van der Waals surface area contributed by atoms with Crippen LogP contribution in [0.3, 0.4) is 0 Å². The number of sulfonamides is 1. The lowest BCUT2D eigenvalue weighted by atomic mass is 10.1. The molecular formula is C26H23ClF3N3O6S. The van der Waals surface area contributed by atoms with Crippen LogP contribution in [0.2, 0.25) is 5.02 Å². The topological polar surface area (TPSA) is 122 Å². The fourth-order valence-corrected chi connectivity index (χ4v) is 4.71. The van der Waals surface area contributed by atoms with Gasteiger partial charge in [-0.2, -0.15) is 17.5 Å². The summed E-state index contributed by atoms with van der Waals surface area (Å²) in [7, 11) is -3.05. The van der Waals surface area contributed by atoms with Crippen LogP contribution < -0.4 is 10.6 Å². The zero-order valence-electron chi connectivity index (χ0n) is 21.0. The number of benzene rings is 3. The van der Waals surface area contributed by atoms with E-state index in [9.17, 15) is 36.0 Å². The number of esters is 1. The normalized spacial score (nSPS) is 12.5. The fraction of sp³-hybridized carbons (Fsp3) is 0.192. The van der Waals surface area contributed by atoms with Crippen molar-refractivity contribution in [3.05, 3.63) is 88.9 Å². The second kappa shape index (κ2) is 12.5. The molecule has 0 saturated heterocycles. The van der Waals surface area contributed by atoms with Crippen LogP contribution in [0.25, 0.3) is 0 Å². The number of ether oxygens (including phenoxy) is 1. The molecule has 2 amide bonds. The van der Waals surface area contributed by atoms with Crippen molar-refractivity contribution in [2.75, 3.05) is 24.2 Å². The number of halogens is 4. The van der Waals surface area contributed by atoms with Gasteiger partial charge in [0.15, 0.2) is 0 Å². The number of amides is 2. The first-order chi connectivity index (χ1) is 18.7. The molecule has 1 atom stereocenters. The quantitative estimate of drug-likeness (QED) is 0.340. The third kappa shape index (κ3) is 7.81. The SMILES string of the molecule is CC(=O)Nc1ccc(S(=O)(=O)N(C)CC(=O)O[C@@H](C(=O)Nc2cc(C(F)(F)F)ccc2Cl)c2ccccc2)cc1. The molecule has 0 bridgehead atoms. The highest BCUT2D eigenvalue weighted by atomic mass is 35.5. The Labute approximate surface area is 232 Å². The number of anilines is 2. The van der Waals surface area contributed by atoms with Gasteiger partial charge in [-0.3, -0.25) is 14.4 Å². The molecule has 0 spiro atoms. The summed E-state index contributed by atoms with van der Waals surface area (Å²) in [5, 5.41) is 4.56. The van der Waals surface area contributed by atoms with Crippen LogP contribution in [0, 0.1) is 0 Å². The smallest absolute Gasteiger partial charge is 0.416 e. The van der Waals surface area contributed by atoms with Crippen LogP contribution in [-0.4, -0.2) is 44.1 Å². The lowest BCUT2D eigenvalue weighted by Gasteiger charge is -2.21. The molecule has 0 aliphatic carbocycles. The summed E-state index contributed by atoms with van der Waals surface area (Å²) < 4.78 is 71.3. The summed E-state index contributed by atoms with van der Waals surface area (Å²) in [5.74, 6) is -2.47. The van der Waals surface area contributed by atoms with Crippen molar-refractivity contribution >= 4 is 50.8 Å². The van der Waals surface area contributed by atoms with E-state index in [4.69, 9.17) is 16.3 Å². The van der Waals surface area contributed by atoms with Crippen molar-refractivity contribution in [1.82, 2.24) is 4.31 Å². The summed E-state index contributed by atoms with van der Waals surface area (Å²) in [5.41, 5.74) is -0.875. The molecule has 0 aliphatic heterocycles. The summed E-state index contributed by atoms with van der Waals surface area (Å²) in [6, 6.07) is 15.2. The predicted molar refractivity (Wildman–Crippen MR) is 141 cm³/mol. The first-order valence-corrected chi connectivity index (χ1v) is 13.3. The molecule has 0 unspecified atom stereocenters. The third-order valence-corrected chi connectivity index (χ3v) is 7.52. The minimum Gasteiger partial charge on any atom is -0.446 e. The highest BCUT2D eigenvalue weighted by Crippen LogP contribution is 2.34. The van der Waals surface area contributed by atoms with E-state index >= 15 is 0 Å². The molecule has 2 N–H and O–H groups in total. The lowest BCUT2D eigenvalue weighted by Crippen LogP contribution is -2.35. The Bertz CT molecular complexity index is 1500. The first-order valence-electron chi connectivity index (χ1n) is 11.4. The fourth-order valence-electron chi connectivity index (χ4n) is 3.43. The van der Waals surface area contributed by atoms with E-state index < -0.39 is 46.3 Å². The number of carbonyl (C=O) groups is 3. The molecule has 0 aromatic heterocycles. The second-order valence-electron chi connectivity index (χ2n) is 8.43. The van der Waals surface area contributed by atoms with Crippen LogP contribution in [0.1, 0.15) is 24.2 Å². The molecule has 3 rings (SSSR count). The maximum absolute atomic E-state index is 13.1. The summed E-state index contributed by atoms with van der Waals surface area (Å²) >= 11 is 5.97. The van der Waals surface area contributed by atoms with Gasteiger partial charge < -0.3 is 15.4 Å². The van der Waals surface area contributed by atoms with Crippen LogP contribution in [0.15, 0.2) is 77.7 Å². The first kappa shape index (κ1) is 30.6. The Hall–Kier alpha value is -3.94. The largest absolute Gasteiger partial charge is 0.446 e. The molecule has 40 heavy (non-hydrogen) atoms. The lowest BCUT2D eigenvalue weighted by molar-refractivity contribution is -0.154. The zero-order chi connectivity index (χ0) is 29.7. The van der Waals surface area contributed by atoms with Gasteiger partial charge in [0.05, 0.1) is 21.2 Å². The van der Waals surface area contributed by atoms with Gasteiger partial charge in [-0.15, -0.1) is 0 Å². The third-order valence-electron chi connectivity index (χ3n) is 5.38. The Morgan fingerprint density at radius 1 is 0.975 bits per heavy atom. The second-order valence-corrected chi connectivity index (χ2v) is 10.9. The predicted octanol–water partition coefficient (Wildman–Crippen LogP) is 4.86. The van der Waals surface area contributed by atoms with Crippen LogP contribution in [0.4, 0.5) is 24.5 Å². The molecule has 0 radical (unpaired) electrons. The Morgan fingerprint density at radius 2 is 1.60 bits per heavy atom. The molecule has 0 aliphatic rings. The van der Waals surface area contributed by atoms with E-state index in [2.05, 4.69) is 10.6 Å². The molecule has 9 nitrogen and oxygen atoms in total. The molecule has 14 heteroatoms. The molecule has 212 valence electrons.